The topological polar surface area (TPSA) is 126 Å². The van der Waals surface area contributed by atoms with Crippen LogP contribution in [0.25, 0.3) is 27.9 Å². The van der Waals surface area contributed by atoms with Gasteiger partial charge in [-0.2, -0.15) is 14.5 Å². The fraction of sp³-hybridized carbons (Fsp3) is 0.0968. The SMILES string of the molecule is O=C(O)c1ccc(-c2cnn(C(CCc3ccccc3)c3ccc(-c4cc(Cl)ccc4-n4cnnn4)c[n+]3[O-])c2)cc1. The van der Waals surface area contributed by atoms with Crippen LogP contribution >= 0.6 is 11.6 Å². The van der Waals surface area contributed by atoms with E-state index in [0.29, 0.717) is 34.0 Å². The number of aryl methyl sites for hydroxylation is 1. The zero-order valence-electron chi connectivity index (χ0n) is 22.2. The average Bonchev–Trinajstić information content (AvgIpc) is 3.72. The van der Waals surface area contributed by atoms with Gasteiger partial charge in [0.25, 0.3) is 0 Å². The Labute approximate surface area is 245 Å². The molecule has 0 fully saturated rings. The predicted molar refractivity (Wildman–Crippen MR) is 156 cm³/mol. The molecular formula is C31H24ClN7O3. The number of pyridine rings is 1. The number of carboxylic acids is 1. The first-order chi connectivity index (χ1) is 20.5. The summed E-state index contributed by atoms with van der Waals surface area (Å²) in [7, 11) is 0. The summed E-state index contributed by atoms with van der Waals surface area (Å²) in [4.78, 5) is 11.3. The van der Waals surface area contributed by atoms with Crippen molar-refractivity contribution in [1.29, 1.82) is 0 Å². The van der Waals surface area contributed by atoms with Gasteiger partial charge in [-0.15, -0.1) is 5.10 Å². The minimum atomic E-state index is -0.982. The highest BCUT2D eigenvalue weighted by Crippen LogP contribution is 2.31. The van der Waals surface area contributed by atoms with Gasteiger partial charge in [0.1, 0.15) is 12.4 Å². The van der Waals surface area contributed by atoms with E-state index in [4.69, 9.17) is 11.6 Å². The Balaban J connectivity index is 1.37. The lowest BCUT2D eigenvalue weighted by Gasteiger charge is -2.18. The average molecular weight is 578 g/mol. The van der Waals surface area contributed by atoms with Crippen molar-refractivity contribution in [1.82, 2.24) is 30.0 Å². The summed E-state index contributed by atoms with van der Waals surface area (Å²) in [5.74, 6) is -0.982. The second-order valence-corrected chi connectivity index (χ2v) is 10.2. The number of hydrogen-bond acceptors (Lipinski definition) is 6. The highest BCUT2D eigenvalue weighted by molar-refractivity contribution is 6.31. The molecule has 0 amide bonds. The van der Waals surface area contributed by atoms with E-state index < -0.39 is 5.97 Å². The van der Waals surface area contributed by atoms with E-state index in [1.807, 2.05) is 36.5 Å². The first-order valence-corrected chi connectivity index (χ1v) is 13.5. The Morgan fingerprint density at radius 1 is 0.976 bits per heavy atom. The van der Waals surface area contributed by atoms with Crippen molar-refractivity contribution in [3.63, 3.8) is 0 Å². The summed E-state index contributed by atoms with van der Waals surface area (Å²) in [5, 5.41) is 39.5. The van der Waals surface area contributed by atoms with Gasteiger partial charge >= 0.3 is 5.97 Å². The van der Waals surface area contributed by atoms with Crippen LogP contribution in [0.15, 0.2) is 110 Å². The molecule has 6 aromatic rings. The Kier molecular flexibility index (Phi) is 7.44. The maximum absolute atomic E-state index is 13.6. The molecule has 1 atom stereocenters. The first-order valence-electron chi connectivity index (χ1n) is 13.1. The van der Waals surface area contributed by atoms with Gasteiger partial charge in [0.05, 0.1) is 17.4 Å². The minimum absolute atomic E-state index is 0.210. The molecule has 6 rings (SSSR count). The van der Waals surface area contributed by atoms with Gasteiger partial charge in [-0.25, -0.2) is 4.79 Å². The molecule has 1 N–H and O–H groups in total. The third-order valence-electron chi connectivity index (χ3n) is 7.09. The van der Waals surface area contributed by atoms with Crippen LogP contribution in [0.3, 0.4) is 0 Å². The normalized spacial score (nSPS) is 11.8. The number of tetrazole rings is 1. The molecule has 3 aromatic heterocycles. The number of aromatic nitrogens is 7. The lowest BCUT2D eigenvalue weighted by Crippen LogP contribution is -2.35. The summed E-state index contributed by atoms with van der Waals surface area (Å²) < 4.78 is 4.18. The van der Waals surface area contributed by atoms with Crippen molar-refractivity contribution in [3.05, 3.63) is 137 Å². The van der Waals surface area contributed by atoms with Gasteiger partial charge in [0.2, 0.25) is 5.69 Å². The van der Waals surface area contributed by atoms with Crippen molar-refractivity contribution in [2.75, 3.05) is 0 Å². The van der Waals surface area contributed by atoms with Crippen LogP contribution in [0.5, 0.6) is 0 Å². The lowest BCUT2D eigenvalue weighted by atomic mass is 10.0. The van der Waals surface area contributed by atoms with Gasteiger partial charge in [-0.1, -0.05) is 54.1 Å². The van der Waals surface area contributed by atoms with E-state index in [0.717, 1.165) is 27.8 Å². The van der Waals surface area contributed by atoms with E-state index in [9.17, 15) is 15.1 Å². The number of rotatable bonds is 9. The van der Waals surface area contributed by atoms with Crippen LogP contribution < -0.4 is 4.73 Å². The zero-order chi connectivity index (χ0) is 29.1. The maximum atomic E-state index is 13.6. The molecule has 10 nitrogen and oxygen atoms in total. The molecule has 0 radical (unpaired) electrons. The van der Waals surface area contributed by atoms with Crippen molar-refractivity contribution in [2.24, 2.45) is 0 Å². The number of nitrogens with zero attached hydrogens (tertiary/aromatic N) is 7. The zero-order valence-corrected chi connectivity index (χ0v) is 22.9. The van der Waals surface area contributed by atoms with E-state index in [1.54, 1.807) is 53.3 Å². The van der Waals surface area contributed by atoms with Crippen LogP contribution in [0.4, 0.5) is 0 Å². The fourth-order valence-corrected chi connectivity index (χ4v) is 5.12. The molecule has 0 bridgehead atoms. The smallest absolute Gasteiger partial charge is 0.335 e. The van der Waals surface area contributed by atoms with E-state index in [2.05, 4.69) is 32.8 Å². The third kappa shape index (κ3) is 5.61. The van der Waals surface area contributed by atoms with Gasteiger partial charge in [0.15, 0.2) is 6.20 Å². The molecule has 3 aromatic carbocycles. The van der Waals surface area contributed by atoms with Crippen LogP contribution in [0.1, 0.15) is 34.1 Å². The molecule has 0 spiro atoms. The predicted octanol–water partition coefficient (Wildman–Crippen LogP) is 5.40. The van der Waals surface area contributed by atoms with E-state index >= 15 is 0 Å². The first kappa shape index (κ1) is 26.9. The van der Waals surface area contributed by atoms with Crippen LogP contribution in [0.2, 0.25) is 5.02 Å². The second-order valence-electron chi connectivity index (χ2n) is 9.72. The molecular weight excluding hydrogens is 554 g/mol. The number of carbonyl (C=O) groups is 1. The fourth-order valence-electron chi connectivity index (χ4n) is 4.95. The maximum Gasteiger partial charge on any atom is 0.335 e. The van der Waals surface area contributed by atoms with Gasteiger partial charge in [0, 0.05) is 34.0 Å². The van der Waals surface area contributed by atoms with Crippen molar-refractivity contribution < 1.29 is 14.6 Å². The Morgan fingerprint density at radius 2 is 1.76 bits per heavy atom. The van der Waals surface area contributed by atoms with Crippen LogP contribution in [0, 0.1) is 5.21 Å². The number of hydrogen-bond donors (Lipinski definition) is 1. The standard InChI is InChI=1S/C31H24ClN7O3/c32-26-12-15-28(38-20-33-35-36-38)27(16-26)24-11-14-30(39(42)19-24)29(13-6-21-4-2-1-3-5-21)37-18-25(17-34-37)22-7-9-23(10-8-22)31(40)41/h1-5,7-12,14-20,29H,6,13H2,(H,40,41). The Bertz CT molecular complexity index is 1840. The van der Waals surface area contributed by atoms with E-state index in [1.165, 1.54) is 17.2 Å². The number of aromatic carboxylic acids is 1. The number of benzene rings is 3. The molecule has 3 heterocycles. The third-order valence-corrected chi connectivity index (χ3v) is 7.32. The molecule has 1 unspecified atom stereocenters. The summed E-state index contributed by atoms with van der Waals surface area (Å²) in [6, 6.07) is 25.3. The monoisotopic (exact) mass is 577 g/mol. The molecule has 0 aliphatic rings. The van der Waals surface area contributed by atoms with Crippen molar-refractivity contribution in [2.45, 2.75) is 18.9 Å². The van der Waals surface area contributed by atoms with Gasteiger partial charge in [-0.3, -0.25) is 4.68 Å². The van der Waals surface area contributed by atoms with Crippen LogP contribution in [-0.4, -0.2) is 41.1 Å². The second kappa shape index (κ2) is 11.6. The highest BCUT2D eigenvalue weighted by atomic mass is 35.5. The quantitative estimate of drug-likeness (QED) is 0.180. The van der Waals surface area contributed by atoms with Gasteiger partial charge in [-0.05, 0) is 70.8 Å². The number of halogens is 1. The summed E-state index contributed by atoms with van der Waals surface area (Å²) in [6.45, 7) is 0. The molecule has 0 saturated heterocycles. The minimum Gasteiger partial charge on any atom is -0.618 e. The molecule has 208 valence electrons. The molecule has 11 heteroatoms. The van der Waals surface area contributed by atoms with E-state index in [-0.39, 0.29) is 11.6 Å². The highest BCUT2D eigenvalue weighted by Gasteiger charge is 2.24. The van der Waals surface area contributed by atoms with Gasteiger partial charge < -0.3 is 10.3 Å². The Hall–Kier alpha value is -5.35. The molecule has 42 heavy (non-hydrogen) atoms. The largest absolute Gasteiger partial charge is 0.618 e. The lowest BCUT2D eigenvalue weighted by molar-refractivity contribution is -0.615. The summed E-state index contributed by atoms with van der Waals surface area (Å²) >= 11 is 6.32. The van der Waals surface area contributed by atoms with Crippen molar-refractivity contribution >= 4 is 17.6 Å². The molecule has 0 saturated carbocycles. The molecule has 0 aliphatic heterocycles. The number of carboxylic acid groups (broad SMARTS) is 1. The van der Waals surface area contributed by atoms with Crippen molar-refractivity contribution in [3.8, 4) is 27.9 Å². The summed E-state index contributed by atoms with van der Waals surface area (Å²) in [5.41, 5.74) is 5.58. The summed E-state index contributed by atoms with van der Waals surface area (Å²) in [6.07, 6.45) is 7.96. The van der Waals surface area contributed by atoms with Crippen LogP contribution in [-0.2, 0) is 6.42 Å². The molecule has 0 aliphatic carbocycles. The Morgan fingerprint density at radius 3 is 2.48 bits per heavy atom.